The number of aromatic nitrogens is 1. The standard InChI is InChI=1S/C22H33N5O3/c1-27(2)20(28)15-26-22(25-14-17-7-4-5-12-30-17)23-11-10-16-13-24-18-8-6-9-19(29-3)21(16)18/h6,8-9,13,17,24H,4-5,7,10-12,14-15H2,1-3H3,(H2,23,25,26). The Labute approximate surface area is 178 Å². The van der Waals surface area contributed by atoms with Gasteiger partial charge in [0.05, 0.1) is 13.2 Å². The summed E-state index contributed by atoms with van der Waals surface area (Å²) in [5, 5.41) is 7.79. The normalized spacial score (nSPS) is 17.0. The summed E-state index contributed by atoms with van der Waals surface area (Å²) in [5.41, 5.74) is 2.23. The molecule has 2 heterocycles. The first-order valence-corrected chi connectivity index (χ1v) is 10.6. The van der Waals surface area contributed by atoms with E-state index in [4.69, 9.17) is 9.47 Å². The number of hydrogen-bond acceptors (Lipinski definition) is 4. The van der Waals surface area contributed by atoms with Gasteiger partial charge in [0.15, 0.2) is 5.96 Å². The lowest BCUT2D eigenvalue weighted by Crippen LogP contribution is -2.43. The Morgan fingerprint density at radius 2 is 2.20 bits per heavy atom. The minimum absolute atomic E-state index is 0.0358. The zero-order valence-corrected chi connectivity index (χ0v) is 18.2. The molecule has 1 atom stereocenters. The van der Waals surface area contributed by atoms with Gasteiger partial charge in [-0.3, -0.25) is 4.79 Å². The molecule has 3 N–H and O–H groups in total. The van der Waals surface area contributed by atoms with Crippen molar-refractivity contribution in [3.05, 3.63) is 30.0 Å². The highest BCUT2D eigenvalue weighted by molar-refractivity contribution is 5.89. The van der Waals surface area contributed by atoms with Gasteiger partial charge in [0.2, 0.25) is 5.91 Å². The molecule has 164 valence electrons. The van der Waals surface area contributed by atoms with Crippen LogP contribution in [0.5, 0.6) is 5.75 Å². The number of fused-ring (bicyclic) bond motifs is 1. The number of benzene rings is 1. The van der Waals surface area contributed by atoms with Crippen LogP contribution in [0.3, 0.4) is 0 Å². The summed E-state index contributed by atoms with van der Waals surface area (Å²) in [6.45, 7) is 2.28. The first kappa shape index (κ1) is 22.0. The second-order valence-electron chi connectivity index (χ2n) is 7.70. The fourth-order valence-corrected chi connectivity index (χ4v) is 3.54. The van der Waals surface area contributed by atoms with E-state index in [1.54, 1.807) is 26.1 Å². The summed E-state index contributed by atoms with van der Waals surface area (Å²) in [6.07, 6.45) is 6.36. The number of ether oxygens (including phenoxy) is 2. The number of likely N-dealkylation sites (N-methyl/N-ethyl adjacent to an activating group) is 1. The Bertz CT molecular complexity index is 856. The average Bonchev–Trinajstić information content (AvgIpc) is 3.18. The highest BCUT2D eigenvalue weighted by Crippen LogP contribution is 2.28. The molecule has 0 saturated carbocycles. The van der Waals surface area contributed by atoms with Crippen molar-refractivity contribution in [2.24, 2.45) is 4.99 Å². The number of H-pyrrole nitrogens is 1. The second kappa shape index (κ2) is 10.9. The summed E-state index contributed by atoms with van der Waals surface area (Å²) < 4.78 is 11.3. The number of nitrogens with zero attached hydrogens (tertiary/aromatic N) is 2. The summed E-state index contributed by atoms with van der Waals surface area (Å²) in [7, 11) is 5.16. The molecule has 30 heavy (non-hydrogen) atoms. The Morgan fingerprint density at radius 3 is 2.93 bits per heavy atom. The first-order valence-electron chi connectivity index (χ1n) is 10.6. The minimum atomic E-state index is -0.0358. The van der Waals surface area contributed by atoms with E-state index in [-0.39, 0.29) is 18.6 Å². The Morgan fingerprint density at radius 1 is 1.33 bits per heavy atom. The molecule has 1 unspecified atom stereocenters. The quantitative estimate of drug-likeness (QED) is 0.453. The number of carbonyl (C=O) groups is 1. The average molecular weight is 416 g/mol. The monoisotopic (exact) mass is 415 g/mol. The van der Waals surface area contributed by atoms with Gasteiger partial charge in [-0.1, -0.05) is 6.07 Å². The number of aromatic amines is 1. The molecule has 1 aromatic carbocycles. The lowest BCUT2D eigenvalue weighted by molar-refractivity contribution is -0.127. The highest BCUT2D eigenvalue weighted by atomic mass is 16.5. The van der Waals surface area contributed by atoms with Crippen LogP contribution in [0.4, 0.5) is 0 Å². The predicted molar refractivity (Wildman–Crippen MR) is 119 cm³/mol. The summed E-state index contributed by atoms with van der Waals surface area (Å²) in [5.74, 6) is 1.46. The molecule has 8 nitrogen and oxygen atoms in total. The van der Waals surface area contributed by atoms with Crippen LogP contribution >= 0.6 is 0 Å². The third-order valence-electron chi connectivity index (χ3n) is 5.30. The van der Waals surface area contributed by atoms with E-state index in [1.165, 1.54) is 12.0 Å². The molecule has 8 heteroatoms. The molecule has 1 fully saturated rings. The lowest BCUT2D eigenvalue weighted by Gasteiger charge is -2.24. The Hall–Kier alpha value is -2.74. The summed E-state index contributed by atoms with van der Waals surface area (Å²) >= 11 is 0. The molecule has 0 aliphatic carbocycles. The molecule has 1 aromatic heterocycles. The third-order valence-corrected chi connectivity index (χ3v) is 5.30. The summed E-state index contributed by atoms with van der Waals surface area (Å²) in [6, 6.07) is 5.99. The lowest BCUT2D eigenvalue weighted by atomic mass is 10.1. The number of amides is 1. The van der Waals surface area contributed by atoms with Gasteiger partial charge in [0.25, 0.3) is 0 Å². The van der Waals surface area contributed by atoms with E-state index in [0.29, 0.717) is 19.0 Å². The van der Waals surface area contributed by atoms with Gasteiger partial charge < -0.3 is 30.0 Å². The van der Waals surface area contributed by atoms with E-state index in [0.717, 1.165) is 42.5 Å². The smallest absolute Gasteiger partial charge is 0.243 e. The predicted octanol–water partition coefficient (Wildman–Crippen LogP) is 1.91. The van der Waals surface area contributed by atoms with Crippen LogP contribution in [0, 0.1) is 0 Å². The van der Waals surface area contributed by atoms with Crippen LogP contribution in [0.1, 0.15) is 24.8 Å². The molecule has 1 amide bonds. The Balaban J connectivity index is 1.60. The van der Waals surface area contributed by atoms with Gasteiger partial charge in [-0.25, -0.2) is 4.99 Å². The maximum absolute atomic E-state index is 12.0. The maximum atomic E-state index is 12.0. The number of methoxy groups -OCH3 is 1. The first-order chi connectivity index (χ1) is 14.6. The molecular formula is C22H33N5O3. The number of rotatable bonds is 8. The SMILES string of the molecule is COc1cccc2[nH]cc(CCNC(=NCC(=O)N(C)C)NCC3CCCCO3)c12. The number of guanidine groups is 1. The molecule has 0 spiro atoms. The van der Waals surface area contributed by atoms with Crippen LogP contribution in [-0.2, 0) is 16.0 Å². The number of hydrogen-bond donors (Lipinski definition) is 3. The largest absolute Gasteiger partial charge is 0.496 e. The topological polar surface area (TPSA) is 91.0 Å². The number of carbonyl (C=O) groups excluding carboxylic acids is 1. The van der Waals surface area contributed by atoms with Crippen molar-refractivity contribution in [2.45, 2.75) is 31.8 Å². The van der Waals surface area contributed by atoms with Crippen molar-refractivity contribution in [1.29, 1.82) is 0 Å². The molecule has 2 aromatic rings. The fraction of sp³-hybridized carbons (Fsp3) is 0.545. The number of aliphatic imine (C=N–C) groups is 1. The molecular weight excluding hydrogens is 382 g/mol. The molecule has 0 bridgehead atoms. The zero-order chi connectivity index (χ0) is 21.3. The van der Waals surface area contributed by atoms with Gasteiger partial charge in [0, 0.05) is 50.9 Å². The second-order valence-corrected chi connectivity index (χ2v) is 7.70. The van der Waals surface area contributed by atoms with Crippen molar-refractivity contribution in [3.63, 3.8) is 0 Å². The van der Waals surface area contributed by atoms with Crippen LogP contribution in [0.25, 0.3) is 10.9 Å². The van der Waals surface area contributed by atoms with Gasteiger partial charge in [-0.05, 0) is 43.4 Å². The van der Waals surface area contributed by atoms with Crippen LogP contribution in [0.15, 0.2) is 29.4 Å². The highest BCUT2D eigenvalue weighted by Gasteiger charge is 2.15. The molecule has 1 saturated heterocycles. The van der Waals surface area contributed by atoms with E-state index in [1.807, 2.05) is 24.4 Å². The van der Waals surface area contributed by atoms with Crippen molar-refractivity contribution in [3.8, 4) is 5.75 Å². The zero-order valence-electron chi connectivity index (χ0n) is 18.2. The number of nitrogens with one attached hydrogen (secondary N) is 3. The molecule has 0 radical (unpaired) electrons. The third kappa shape index (κ3) is 5.89. The van der Waals surface area contributed by atoms with Crippen molar-refractivity contribution in [2.75, 3.05) is 47.4 Å². The van der Waals surface area contributed by atoms with E-state index < -0.39 is 0 Å². The molecule has 3 rings (SSSR count). The van der Waals surface area contributed by atoms with Gasteiger partial charge in [-0.2, -0.15) is 0 Å². The van der Waals surface area contributed by atoms with E-state index in [9.17, 15) is 4.79 Å². The minimum Gasteiger partial charge on any atom is -0.496 e. The fourth-order valence-electron chi connectivity index (χ4n) is 3.54. The van der Waals surface area contributed by atoms with Gasteiger partial charge in [-0.15, -0.1) is 0 Å². The Kier molecular flexibility index (Phi) is 7.96. The van der Waals surface area contributed by atoms with Crippen molar-refractivity contribution in [1.82, 2.24) is 20.5 Å². The summed E-state index contributed by atoms with van der Waals surface area (Å²) in [4.78, 5) is 21.3. The van der Waals surface area contributed by atoms with Crippen LogP contribution in [-0.4, -0.2) is 75.3 Å². The van der Waals surface area contributed by atoms with Crippen molar-refractivity contribution >= 4 is 22.8 Å². The van der Waals surface area contributed by atoms with Crippen LogP contribution in [0.2, 0.25) is 0 Å². The van der Waals surface area contributed by atoms with Crippen LogP contribution < -0.4 is 15.4 Å². The van der Waals surface area contributed by atoms with Gasteiger partial charge >= 0.3 is 0 Å². The maximum Gasteiger partial charge on any atom is 0.243 e. The molecule has 1 aliphatic heterocycles. The van der Waals surface area contributed by atoms with E-state index in [2.05, 4.69) is 20.6 Å². The molecule has 1 aliphatic rings. The van der Waals surface area contributed by atoms with E-state index >= 15 is 0 Å². The van der Waals surface area contributed by atoms with Crippen molar-refractivity contribution < 1.29 is 14.3 Å². The van der Waals surface area contributed by atoms with Gasteiger partial charge in [0.1, 0.15) is 12.3 Å².